The maximum absolute atomic E-state index is 12.3. The van der Waals surface area contributed by atoms with Gasteiger partial charge in [0, 0.05) is 9.40 Å². The summed E-state index contributed by atoms with van der Waals surface area (Å²) >= 11 is 2.59. The molecule has 7 nitrogen and oxygen atoms in total. The Morgan fingerprint density at radius 3 is 2.61 bits per heavy atom. The molecule has 0 aliphatic rings. The maximum Gasteiger partial charge on any atom is 0.412 e. The normalized spacial score (nSPS) is 11.5. The topological polar surface area (TPSA) is 102 Å². The minimum absolute atomic E-state index is 0.213. The maximum atomic E-state index is 12.3. The van der Waals surface area contributed by atoms with Gasteiger partial charge >= 0.3 is 12.1 Å². The number of nitrogens with one attached hydrogen (secondary N) is 1. The highest BCUT2D eigenvalue weighted by Crippen LogP contribution is 2.33. The zero-order valence-electron chi connectivity index (χ0n) is 16.5. The van der Waals surface area contributed by atoms with Crippen LogP contribution in [0.25, 0.3) is 9.40 Å². The van der Waals surface area contributed by atoms with Crippen molar-refractivity contribution in [2.24, 2.45) is 0 Å². The summed E-state index contributed by atoms with van der Waals surface area (Å²) < 4.78 is 12.4. The number of ether oxygens (including phenoxy) is 1. The summed E-state index contributed by atoms with van der Waals surface area (Å²) in [5.41, 5.74) is 1.71. The van der Waals surface area contributed by atoms with Gasteiger partial charge in [-0.05, 0) is 43.4 Å². The predicted molar refractivity (Wildman–Crippen MR) is 119 cm³/mol. The van der Waals surface area contributed by atoms with Crippen LogP contribution < -0.4 is 5.32 Å². The number of aromatic carboxylic acids is 1. The first-order chi connectivity index (χ1) is 14.9. The fraction of sp³-hybridized carbons (Fsp3) is 0.136. The molecule has 2 N–H and O–H groups in total. The first kappa shape index (κ1) is 20.7. The largest absolute Gasteiger partial charge is 0.477 e. The highest BCUT2D eigenvalue weighted by Gasteiger charge is 2.18. The molecule has 1 amide bonds. The van der Waals surface area contributed by atoms with Crippen LogP contribution in [0.2, 0.25) is 0 Å². The summed E-state index contributed by atoms with van der Waals surface area (Å²) in [4.78, 5) is 24.5. The Kier molecular flexibility index (Phi) is 5.75. The molecule has 0 aliphatic heterocycles. The van der Waals surface area contributed by atoms with Gasteiger partial charge in [0.05, 0.1) is 4.88 Å². The van der Waals surface area contributed by atoms with E-state index in [9.17, 15) is 9.59 Å². The average molecular weight is 453 g/mol. The first-order valence-electron chi connectivity index (χ1n) is 9.18. The molecule has 0 radical (unpaired) electrons. The highest BCUT2D eigenvalue weighted by molar-refractivity contribution is 7.28. The molecule has 0 aliphatic carbocycles. The van der Waals surface area contributed by atoms with Crippen LogP contribution in [-0.2, 0) is 4.74 Å². The number of amides is 1. The Balaban J connectivity index is 1.49. The minimum atomic E-state index is -0.942. The predicted octanol–water partition coefficient (Wildman–Crippen LogP) is 5.67. The number of aromatic nitrogens is 1. The number of thiophene rings is 2. The zero-order valence-corrected chi connectivity index (χ0v) is 18.1. The summed E-state index contributed by atoms with van der Waals surface area (Å²) in [7, 11) is 0. The lowest BCUT2D eigenvalue weighted by molar-refractivity contribution is 0.0702. The van der Waals surface area contributed by atoms with Gasteiger partial charge in [-0.3, -0.25) is 5.32 Å². The van der Waals surface area contributed by atoms with Crippen LogP contribution >= 0.6 is 22.7 Å². The van der Waals surface area contributed by atoms with E-state index in [1.54, 1.807) is 19.9 Å². The van der Waals surface area contributed by atoms with E-state index >= 15 is 0 Å². The van der Waals surface area contributed by atoms with Gasteiger partial charge < -0.3 is 14.4 Å². The second-order valence-corrected chi connectivity index (χ2v) is 8.73. The van der Waals surface area contributed by atoms with Gasteiger partial charge in [-0.2, -0.15) is 0 Å². The number of hydrogen-bond donors (Lipinski definition) is 2. The number of anilines is 1. The van der Waals surface area contributed by atoms with Gasteiger partial charge in [-0.15, -0.1) is 22.7 Å². The summed E-state index contributed by atoms with van der Waals surface area (Å²) in [6, 6.07) is 12.9. The highest BCUT2D eigenvalue weighted by atomic mass is 32.1. The number of carboxylic acids is 1. The van der Waals surface area contributed by atoms with E-state index in [1.165, 1.54) is 22.7 Å². The molecule has 1 aromatic carbocycles. The molecule has 0 fully saturated rings. The summed E-state index contributed by atoms with van der Waals surface area (Å²) in [6.07, 6.45) is -1.06. The first-order valence-corrected chi connectivity index (χ1v) is 10.8. The zero-order chi connectivity index (χ0) is 22.0. The van der Waals surface area contributed by atoms with Gasteiger partial charge in [-0.1, -0.05) is 35.5 Å². The minimum Gasteiger partial charge on any atom is -0.477 e. The van der Waals surface area contributed by atoms with Crippen molar-refractivity contribution in [2.75, 3.05) is 5.32 Å². The quantitative estimate of drug-likeness (QED) is 0.387. The van der Waals surface area contributed by atoms with Crippen LogP contribution in [0.15, 0.2) is 47.0 Å². The van der Waals surface area contributed by atoms with Crippen molar-refractivity contribution in [1.82, 2.24) is 5.16 Å². The number of fused-ring (bicyclic) bond motifs is 1. The Morgan fingerprint density at radius 1 is 1.16 bits per heavy atom. The third-order valence-corrected chi connectivity index (χ3v) is 6.56. The number of carbonyl (C=O) groups excluding carboxylic acids is 1. The molecule has 0 saturated carbocycles. The van der Waals surface area contributed by atoms with Gasteiger partial charge in [0.15, 0.2) is 0 Å². The molecule has 9 heteroatoms. The second-order valence-electron chi connectivity index (χ2n) is 6.56. The van der Waals surface area contributed by atoms with Crippen LogP contribution in [0.1, 0.15) is 44.6 Å². The molecule has 4 aromatic rings. The van der Waals surface area contributed by atoms with Crippen molar-refractivity contribution in [3.05, 3.63) is 69.2 Å². The average Bonchev–Trinajstić information content (AvgIpc) is 3.41. The molecule has 0 unspecified atom stereocenters. The van der Waals surface area contributed by atoms with E-state index in [2.05, 4.69) is 22.3 Å². The number of hydrogen-bond acceptors (Lipinski definition) is 7. The molecule has 0 saturated heterocycles. The van der Waals surface area contributed by atoms with Crippen LogP contribution in [0.4, 0.5) is 10.5 Å². The van der Waals surface area contributed by atoms with Crippen molar-refractivity contribution < 1.29 is 24.0 Å². The Labute approximate surface area is 185 Å². The van der Waals surface area contributed by atoms with E-state index in [4.69, 9.17) is 14.4 Å². The number of rotatable bonds is 4. The third-order valence-electron chi connectivity index (χ3n) is 4.36. The Morgan fingerprint density at radius 2 is 1.90 bits per heavy atom. The molecule has 156 valence electrons. The van der Waals surface area contributed by atoms with E-state index < -0.39 is 18.2 Å². The van der Waals surface area contributed by atoms with Gasteiger partial charge in [-0.25, -0.2) is 9.59 Å². The second kappa shape index (κ2) is 8.63. The van der Waals surface area contributed by atoms with Crippen LogP contribution in [0, 0.1) is 18.8 Å². The number of benzene rings is 1. The van der Waals surface area contributed by atoms with Crippen molar-refractivity contribution in [2.45, 2.75) is 20.0 Å². The Hall–Kier alpha value is -3.61. The summed E-state index contributed by atoms with van der Waals surface area (Å²) in [6.45, 7) is 3.48. The number of carboxylic acid groups (broad SMARTS) is 1. The molecule has 0 spiro atoms. The van der Waals surface area contributed by atoms with Crippen LogP contribution in [0.3, 0.4) is 0 Å². The van der Waals surface area contributed by atoms with E-state index in [0.29, 0.717) is 16.3 Å². The van der Waals surface area contributed by atoms with Gasteiger partial charge in [0.25, 0.3) is 0 Å². The van der Waals surface area contributed by atoms with E-state index in [-0.39, 0.29) is 5.76 Å². The van der Waals surface area contributed by atoms with Crippen molar-refractivity contribution in [3.8, 4) is 11.8 Å². The number of nitrogens with zero attached hydrogens (tertiary/aromatic N) is 1. The molecular weight excluding hydrogens is 436 g/mol. The van der Waals surface area contributed by atoms with Gasteiger partial charge in [0.2, 0.25) is 5.76 Å². The lowest BCUT2D eigenvalue weighted by Gasteiger charge is -2.13. The Bertz CT molecular complexity index is 1290. The molecule has 4 rings (SSSR count). The van der Waals surface area contributed by atoms with Crippen LogP contribution in [0.5, 0.6) is 0 Å². The van der Waals surface area contributed by atoms with Crippen molar-refractivity contribution in [1.29, 1.82) is 0 Å². The summed E-state index contributed by atoms with van der Waals surface area (Å²) in [5.74, 6) is 5.13. The smallest absolute Gasteiger partial charge is 0.412 e. The number of carbonyl (C=O) groups is 2. The van der Waals surface area contributed by atoms with E-state index in [0.717, 1.165) is 19.8 Å². The standard InChI is InChI=1S/C22H16N2O5S2/c1-12-20(23-22(27)28-13(2)14-6-4-3-5-7-14)16(29-24-12)9-8-15-10-17-18(30-15)11-19(31-17)21(25)26/h3-7,10-11,13H,1-2H3,(H,23,27)(H,25,26)/t13-/m1/s1. The molecule has 31 heavy (non-hydrogen) atoms. The third kappa shape index (κ3) is 4.60. The fourth-order valence-electron chi connectivity index (χ4n) is 2.81. The van der Waals surface area contributed by atoms with Crippen LogP contribution in [-0.4, -0.2) is 22.3 Å². The molecule has 0 bridgehead atoms. The molecule has 3 aromatic heterocycles. The van der Waals surface area contributed by atoms with Gasteiger partial charge in [0.1, 0.15) is 22.4 Å². The lowest BCUT2D eigenvalue weighted by Crippen LogP contribution is -2.16. The number of aryl methyl sites for hydroxylation is 1. The van der Waals surface area contributed by atoms with E-state index in [1.807, 2.05) is 36.4 Å². The summed E-state index contributed by atoms with van der Waals surface area (Å²) in [5, 5.41) is 15.6. The lowest BCUT2D eigenvalue weighted by atomic mass is 10.1. The monoisotopic (exact) mass is 452 g/mol. The van der Waals surface area contributed by atoms with Crippen molar-refractivity contribution in [3.63, 3.8) is 0 Å². The molecular formula is C22H16N2O5S2. The van der Waals surface area contributed by atoms with Crippen molar-refractivity contribution >= 4 is 49.8 Å². The fourth-order valence-corrected chi connectivity index (χ4v) is 4.90. The SMILES string of the molecule is Cc1noc(C#Cc2cc3sc(C(=O)O)cc3s2)c1NC(=O)O[C@H](C)c1ccccc1. The molecule has 1 atom stereocenters. The molecule has 3 heterocycles.